The summed E-state index contributed by atoms with van der Waals surface area (Å²) in [6.45, 7) is 4.99. The van der Waals surface area contributed by atoms with Crippen molar-refractivity contribution in [1.29, 1.82) is 0 Å². The number of nitrogens with one attached hydrogen (secondary N) is 1. The van der Waals surface area contributed by atoms with Gasteiger partial charge in [-0.05, 0) is 32.6 Å². The van der Waals surface area contributed by atoms with Gasteiger partial charge in [-0.2, -0.15) is 15.0 Å². The number of nitrogen functional groups attached to an aromatic ring is 1. The molecule has 3 N–H and O–H groups in total. The third-order valence-electron chi connectivity index (χ3n) is 4.26. The SMILES string of the molecule is CCCC(C)Nc1nc(N)c2nc(OC)n(C3CCCCO3)c2n1. The number of hydrogen-bond acceptors (Lipinski definition) is 7. The van der Waals surface area contributed by atoms with Crippen molar-refractivity contribution in [3.05, 3.63) is 0 Å². The summed E-state index contributed by atoms with van der Waals surface area (Å²) in [5.41, 5.74) is 7.31. The van der Waals surface area contributed by atoms with E-state index in [1.165, 1.54) is 0 Å². The van der Waals surface area contributed by atoms with E-state index in [4.69, 9.17) is 15.2 Å². The van der Waals surface area contributed by atoms with Gasteiger partial charge < -0.3 is 20.5 Å². The molecule has 1 aliphatic heterocycles. The van der Waals surface area contributed by atoms with Gasteiger partial charge in [-0.15, -0.1) is 0 Å². The van der Waals surface area contributed by atoms with Crippen LogP contribution in [-0.2, 0) is 4.74 Å². The molecule has 3 rings (SSSR count). The normalized spacial score (nSPS) is 19.4. The van der Waals surface area contributed by atoms with E-state index in [0.29, 0.717) is 28.9 Å². The summed E-state index contributed by atoms with van der Waals surface area (Å²) in [5.74, 6) is 0.861. The lowest BCUT2D eigenvalue weighted by Gasteiger charge is -2.24. The summed E-state index contributed by atoms with van der Waals surface area (Å²) < 4.78 is 13.2. The Labute approximate surface area is 141 Å². The van der Waals surface area contributed by atoms with Crippen molar-refractivity contribution in [2.24, 2.45) is 0 Å². The molecule has 0 amide bonds. The summed E-state index contributed by atoms with van der Waals surface area (Å²) in [7, 11) is 1.59. The molecule has 0 aliphatic carbocycles. The Hall–Kier alpha value is -2.09. The summed E-state index contributed by atoms with van der Waals surface area (Å²) in [6, 6.07) is 0.729. The second kappa shape index (κ2) is 7.21. The fourth-order valence-electron chi connectivity index (χ4n) is 3.10. The Balaban J connectivity index is 2.02. The highest BCUT2D eigenvalue weighted by Crippen LogP contribution is 2.33. The van der Waals surface area contributed by atoms with Crippen molar-refractivity contribution in [3.63, 3.8) is 0 Å². The first-order chi connectivity index (χ1) is 11.6. The minimum absolute atomic E-state index is 0.131. The molecule has 132 valence electrons. The van der Waals surface area contributed by atoms with Crippen molar-refractivity contribution in [2.45, 2.75) is 58.2 Å². The van der Waals surface area contributed by atoms with E-state index >= 15 is 0 Å². The fourth-order valence-corrected chi connectivity index (χ4v) is 3.10. The Bertz CT molecular complexity index is 695. The second-order valence-corrected chi connectivity index (χ2v) is 6.23. The highest BCUT2D eigenvalue weighted by Gasteiger charge is 2.25. The zero-order valence-corrected chi connectivity index (χ0v) is 14.6. The minimum atomic E-state index is -0.131. The molecule has 0 aromatic carbocycles. The van der Waals surface area contributed by atoms with E-state index in [2.05, 4.69) is 34.1 Å². The smallest absolute Gasteiger partial charge is 0.300 e. The maximum atomic E-state index is 6.11. The molecular weight excluding hydrogens is 308 g/mol. The van der Waals surface area contributed by atoms with Gasteiger partial charge in [0.05, 0.1) is 7.11 Å². The standard InChI is InChI=1S/C16H26N6O2/c1-4-7-10(2)18-15-20-13(17)12-14(21-15)22(16(19-12)23-3)11-8-5-6-9-24-11/h10-11H,4-9H2,1-3H3,(H3,17,18,20,21). The predicted molar refractivity (Wildman–Crippen MR) is 93.1 cm³/mol. The number of hydrogen-bond donors (Lipinski definition) is 2. The molecule has 8 nitrogen and oxygen atoms in total. The largest absolute Gasteiger partial charge is 0.468 e. The van der Waals surface area contributed by atoms with E-state index in [9.17, 15) is 0 Å². The molecule has 0 radical (unpaired) electrons. The number of aromatic nitrogens is 4. The van der Waals surface area contributed by atoms with Crippen LogP contribution in [0.15, 0.2) is 0 Å². The Kier molecular flexibility index (Phi) is 5.03. The summed E-state index contributed by atoms with van der Waals surface area (Å²) in [4.78, 5) is 13.4. The van der Waals surface area contributed by atoms with Gasteiger partial charge in [0.25, 0.3) is 0 Å². The van der Waals surface area contributed by atoms with Gasteiger partial charge in [0.15, 0.2) is 17.0 Å². The van der Waals surface area contributed by atoms with Crippen LogP contribution in [0.3, 0.4) is 0 Å². The first kappa shape index (κ1) is 16.8. The average molecular weight is 334 g/mol. The second-order valence-electron chi connectivity index (χ2n) is 6.23. The zero-order valence-electron chi connectivity index (χ0n) is 14.6. The van der Waals surface area contributed by atoms with Gasteiger partial charge in [0.2, 0.25) is 5.95 Å². The molecule has 0 bridgehead atoms. The third-order valence-corrected chi connectivity index (χ3v) is 4.26. The molecule has 2 atom stereocenters. The molecule has 1 saturated heterocycles. The summed E-state index contributed by atoms with van der Waals surface area (Å²) in [6.07, 6.45) is 5.08. The number of imidazole rings is 1. The average Bonchev–Trinajstić information content (AvgIpc) is 2.95. The number of rotatable bonds is 6. The van der Waals surface area contributed by atoms with Crippen LogP contribution >= 0.6 is 0 Å². The van der Waals surface area contributed by atoms with E-state index in [1.807, 2.05) is 4.57 Å². The molecular formula is C16H26N6O2. The molecule has 1 aliphatic rings. The van der Waals surface area contributed by atoms with Gasteiger partial charge in [-0.1, -0.05) is 13.3 Å². The first-order valence-corrected chi connectivity index (χ1v) is 8.61. The molecule has 2 aromatic heterocycles. The van der Waals surface area contributed by atoms with Gasteiger partial charge in [-0.3, -0.25) is 4.57 Å². The molecule has 8 heteroatoms. The number of methoxy groups -OCH3 is 1. The number of nitrogens with two attached hydrogens (primary N) is 1. The maximum absolute atomic E-state index is 6.11. The highest BCUT2D eigenvalue weighted by atomic mass is 16.5. The quantitative estimate of drug-likeness (QED) is 0.837. The summed E-state index contributed by atoms with van der Waals surface area (Å²) in [5, 5.41) is 3.31. The Morgan fingerprint density at radius 1 is 1.38 bits per heavy atom. The van der Waals surface area contributed by atoms with Crippen molar-refractivity contribution < 1.29 is 9.47 Å². The molecule has 2 unspecified atom stereocenters. The first-order valence-electron chi connectivity index (χ1n) is 8.61. The van der Waals surface area contributed by atoms with Crippen LogP contribution in [0.2, 0.25) is 0 Å². The van der Waals surface area contributed by atoms with Crippen LogP contribution in [-0.4, -0.2) is 39.3 Å². The lowest BCUT2D eigenvalue weighted by atomic mass is 10.2. The molecule has 1 fully saturated rings. The van der Waals surface area contributed by atoms with Crippen LogP contribution in [0.1, 0.15) is 52.2 Å². The molecule has 24 heavy (non-hydrogen) atoms. The number of anilines is 2. The van der Waals surface area contributed by atoms with Crippen molar-refractivity contribution in [2.75, 3.05) is 24.8 Å². The lowest BCUT2D eigenvalue weighted by molar-refractivity contribution is -0.0334. The van der Waals surface area contributed by atoms with Gasteiger partial charge >= 0.3 is 6.01 Å². The van der Waals surface area contributed by atoms with Crippen LogP contribution in [0, 0.1) is 0 Å². The van der Waals surface area contributed by atoms with Crippen LogP contribution in [0.5, 0.6) is 6.01 Å². The monoisotopic (exact) mass is 334 g/mol. The molecule has 3 heterocycles. The number of fused-ring (bicyclic) bond motifs is 1. The molecule has 0 spiro atoms. The third kappa shape index (κ3) is 3.24. The lowest BCUT2D eigenvalue weighted by Crippen LogP contribution is -2.20. The van der Waals surface area contributed by atoms with E-state index in [0.717, 1.165) is 38.7 Å². The zero-order chi connectivity index (χ0) is 17.1. The van der Waals surface area contributed by atoms with Crippen molar-refractivity contribution in [1.82, 2.24) is 19.5 Å². The Morgan fingerprint density at radius 3 is 2.88 bits per heavy atom. The minimum Gasteiger partial charge on any atom is -0.468 e. The van der Waals surface area contributed by atoms with Crippen molar-refractivity contribution >= 4 is 22.9 Å². The number of ether oxygens (including phenoxy) is 2. The van der Waals surface area contributed by atoms with Gasteiger partial charge in [0, 0.05) is 12.6 Å². The van der Waals surface area contributed by atoms with Crippen LogP contribution < -0.4 is 15.8 Å². The van der Waals surface area contributed by atoms with Gasteiger partial charge in [0.1, 0.15) is 6.23 Å². The number of nitrogens with zero attached hydrogens (tertiary/aromatic N) is 4. The van der Waals surface area contributed by atoms with Crippen molar-refractivity contribution in [3.8, 4) is 6.01 Å². The predicted octanol–water partition coefficient (Wildman–Crippen LogP) is 2.72. The molecule has 2 aromatic rings. The van der Waals surface area contributed by atoms with Crippen LogP contribution in [0.4, 0.5) is 11.8 Å². The molecule has 0 saturated carbocycles. The topological polar surface area (TPSA) is 100 Å². The van der Waals surface area contributed by atoms with E-state index in [1.54, 1.807) is 7.11 Å². The fraction of sp³-hybridized carbons (Fsp3) is 0.688. The van der Waals surface area contributed by atoms with E-state index < -0.39 is 0 Å². The maximum Gasteiger partial charge on any atom is 0.300 e. The Morgan fingerprint density at radius 2 is 2.21 bits per heavy atom. The van der Waals surface area contributed by atoms with Crippen LogP contribution in [0.25, 0.3) is 11.2 Å². The summed E-state index contributed by atoms with van der Waals surface area (Å²) >= 11 is 0. The van der Waals surface area contributed by atoms with E-state index in [-0.39, 0.29) is 12.3 Å². The highest BCUT2D eigenvalue weighted by molar-refractivity contribution is 5.84. The van der Waals surface area contributed by atoms with Gasteiger partial charge in [-0.25, -0.2) is 0 Å².